The summed E-state index contributed by atoms with van der Waals surface area (Å²) in [5, 5.41) is 0. The highest BCUT2D eigenvalue weighted by Gasteiger charge is 2.20. The number of hydrogen-bond donors (Lipinski definition) is 1. The quantitative estimate of drug-likeness (QED) is 0.858. The van der Waals surface area contributed by atoms with Crippen molar-refractivity contribution in [3.05, 3.63) is 28.7 Å². The van der Waals surface area contributed by atoms with Gasteiger partial charge < -0.3 is 20.1 Å². The number of anilines is 1. The average molecular weight is 264 g/mol. The molecule has 0 amide bonds. The van der Waals surface area contributed by atoms with Crippen LogP contribution in [0.25, 0.3) is 0 Å². The standard InChI is InChI=1S/C14H24N4O/c1-16(2)13-4-3-7-17(11-13)8-9-18-10-12(15)5-6-14(18)19/h5-6,10,13H,3-4,7-9,11,15H2,1-2H3. The minimum absolute atomic E-state index is 0.0235. The topological polar surface area (TPSA) is 54.5 Å². The summed E-state index contributed by atoms with van der Waals surface area (Å²) in [4.78, 5) is 16.4. The summed E-state index contributed by atoms with van der Waals surface area (Å²) in [6, 6.07) is 3.82. The van der Waals surface area contributed by atoms with Crippen LogP contribution in [0.4, 0.5) is 5.69 Å². The minimum atomic E-state index is 0.0235. The van der Waals surface area contributed by atoms with Crippen molar-refractivity contribution in [1.29, 1.82) is 0 Å². The summed E-state index contributed by atoms with van der Waals surface area (Å²) in [5.74, 6) is 0. The number of rotatable bonds is 4. The first-order chi connectivity index (χ1) is 9.06. The SMILES string of the molecule is CN(C)C1CCCN(CCn2cc(N)ccc2=O)C1. The monoisotopic (exact) mass is 264 g/mol. The Morgan fingerprint density at radius 2 is 2.16 bits per heavy atom. The highest BCUT2D eigenvalue weighted by molar-refractivity contribution is 5.33. The Kier molecular flexibility index (Phi) is 4.61. The number of hydrogen-bond acceptors (Lipinski definition) is 4. The number of piperidine rings is 1. The number of pyridine rings is 1. The molecule has 2 heterocycles. The van der Waals surface area contributed by atoms with Gasteiger partial charge in [-0.25, -0.2) is 0 Å². The van der Waals surface area contributed by atoms with Gasteiger partial charge in [-0.1, -0.05) is 0 Å². The second kappa shape index (κ2) is 6.21. The molecule has 1 saturated heterocycles. The third-order valence-electron chi connectivity index (χ3n) is 3.87. The van der Waals surface area contributed by atoms with Crippen molar-refractivity contribution in [2.45, 2.75) is 25.4 Å². The van der Waals surface area contributed by atoms with E-state index in [9.17, 15) is 4.79 Å². The van der Waals surface area contributed by atoms with Gasteiger partial charge in [-0.2, -0.15) is 0 Å². The summed E-state index contributed by atoms with van der Waals surface area (Å²) >= 11 is 0. The van der Waals surface area contributed by atoms with Crippen LogP contribution in [0.3, 0.4) is 0 Å². The Morgan fingerprint density at radius 1 is 1.37 bits per heavy atom. The largest absolute Gasteiger partial charge is 0.398 e. The zero-order chi connectivity index (χ0) is 13.8. The molecule has 1 aliphatic rings. The molecule has 0 aliphatic carbocycles. The summed E-state index contributed by atoms with van der Waals surface area (Å²) in [5.41, 5.74) is 6.38. The lowest BCUT2D eigenvalue weighted by Gasteiger charge is -2.36. The summed E-state index contributed by atoms with van der Waals surface area (Å²) in [6.07, 6.45) is 4.23. The number of likely N-dealkylation sites (tertiary alicyclic amines) is 1. The van der Waals surface area contributed by atoms with Crippen LogP contribution in [0.2, 0.25) is 0 Å². The van der Waals surface area contributed by atoms with E-state index in [4.69, 9.17) is 5.73 Å². The van der Waals surface area contributed by atoms with Gasteiger partial charge in [0.2, 0.25) is 0 Å². The first-order valence-corrected chi connectivity index (χ1v) is 6.91. The number of nitrogens with zero attached hydrogens (tertiary/aromatic N) is 3. The Morgan fingerprint density at radius 3 is 2.89 bits per heavy atom. The highest BCUT2D eigenvalue weighted by atomic mass is 16.1. The molecule has 0 spiro atoms. The fraction of sp³-hybridized carbons (Fsp3) is 0.643. The lowest BCUT2D eigenvalue weighted by molar-refractivity contribution is 0.129. The molecule has 1 aliphatic heterocycles. The van der Waals surface area contributed by atoms with E-state index >= 15 is 0 Å². The van der Waals surface area contributed by atoms with Gasteiger partial charge in [-0.05, 0) is 39.5 Å². The van der Waals surface area contributed by atoms with Gasteiger partial charge in [0.1, 0.15) is 0 Å². The average Bonchev–Trinajstić information content (AvgIpc) is 2.40. The number of aromatic nitrogens is 1. The molecule has 2 N–H and O–H groups in total. The van der Waals surface area contributed by atoms with Crippen LogP contribution in [0.1, 0.15) is 12.8 Å². The van der Waals surface area contributed by atoms with Crippen LogP contribution in [0, 0.1) is 0 Å². The predicted molar refractivity (Wildman–Crippen MR) is 78.3 cm³/mol. The fourth-order valence-electron chi connectivity index (χ4n) is 2.63. The van der Waals surface area contributed by atoms with Gasteiger partial charge in [0.25, 0.3) is 5.56 Å². The molecule has 1 atom stereocenters. The Bertz CT molecular complexity index is 469. The maximum absolute atomic E-state index is 11.7. The van der Waals surface area contributed by atoms with Gasteiger partial charge in [0.15, 0.2) is 0 Å². The maximum atomic E-state index is 11.7. The predicted octanol–water partition coefficient (Wildman–Crippen LogP) is 0.457. The number of likely N-dealkylation sites (N-methyl/N-ethyl adjacent to an activating group) is 1. The normalized spacial score (nSPS) is 20.9. The van der Waals surface area contributed by atoms with Gasteiger partial charge in [-0.15, -0.1) is 0 Å². The van der Waals surface area contributed by atoms with E-state index in [-0.39, 0.29) is 5.56 Å². The molecule has 0 aromatic carbocycles. The van der Waals surface area contributed by atoms with Crippen LogP contribution in [-0.2, 0) is 6.54 Å². The fourth-order valence-corrected chi connectivity index (χ4v) is 2.63. The number of nitrogens with two attached hydrogens (primary N) is 1. The van der Waals surface area contributed by atoms with Crippen molar-refractivity contribution in [3.63, 3.8) is 0 Å². The molecular formula is C14H24N4O. The van der Waals surface area contributed by atoms with E-state index in [1.807, 2.05) is 0 Å². The third-order valence-corrected chi connectivity index (χ3v) is 3.87. The second-order valence-electron chi connectivity index (χ2n) is 5.55. The van der Waals surface area contributed by atoms with E-state index in [1.54, 1.807) is 16.8 Å². The molecule has 0 bridgehead atoms. The van der Waals surface area contributed by atoms with Crippen molar-refractivity contribution >= 4 is 5.69 Å². The van der Waals surface area contributed by atoms with Gasteiger partial charge >= 0.3 is 0 Å². The van der Waals surface area contributed by atoms with Gasteiger partial charge in [0, 0.05) is 43.6 Å². The number of nitrogen functional groups attached to an aromatic ring is 1. The van der Waals surface area contributed by atoms with Crippen molar-refractivity contribution in [2.75, 3.05) is 39.5 Å². The van der Waals surface area contributed by atoms with E-state index in [2.05, 4.69) is 23.9 Å². The lowest BCUT2D eigenvalue weighted by atomic mass is 10.1. The van der Waals surface area contributed by atoms with E-state index in [1.165, 1.54) is 18.9 Å². The van der Waals surface area contributed by atoms with E-state index in [0.29, 0.717) is 18.3 Å². The van der Waals surface area contributed by atoms with Gasteiger partial charge in [0.05, 0.1) is 0 Å². The van der Waals surface area contributed by atoms with Crippen LogP contribution in [0.15, 0.2) is 23.1 Å². The van der Waals surface area contributed by atoms with Crippen LogP contribution >= 0.6 is 0 Å². The molecule has 5 nitrogen and oxygen atoms in total. The third kappa shape index (κ3) is 3.81. The molecule has 106 valence electrons. The maximum Gasteiger partial charge on any atom is 0.250 e. The van der Waals surface area contributed by atoms with Crippen molar-refractivity contribution in [2.24, 2.45) is 0 Å². The zero-order valence-electron chi connectivity index (χ0n) is 11.9. The molecular weight excluding hydrogens is 240 g/mol. The second-order valence-corrected chi connectivity index (χ2v) is 5.55. The molecule has 2 rings (SSSR count). The Labute approximate surface area is 114 Å². The molecule has 5 heteroatoms. The molecule has 19 heavy (non-hydrogen) atoms. The first kappa shape index (κ1) is 14.1. The zero-order valence-corrected chi connectivity index (χ0v) is 11.9. The Hall–Kier alpha value is -1.33. The summed E-state index contributed by atoms with van der Waals surface area (Å²) in [6.45, 7) is 3.84. The minimum Gasteiger partial charge on any atom is -0.398 e. The molecule has 1 aromatic heterocycles. The van der Waals surface area contributed by atoms with Crippen LogP contribution < -0.4 is 11.3 Å². The molecule has 0 radical (unpaired) electrons. The van der Waals surface area contributed by atoms with E-state index in [0.717, 1.165) is 19.6 Å². The van der Waals surface area contributed by atoms with Crippen LogP contribution in [-0.4, -0.2) is 54.1 Å². The molecule has 1 fully saturated rings. The summed E-state index contributed by atoms with van der Waals surface area (Å²) < 4.78 is 1.70. The van der Waals surface area contributed by atoms with Crippen molar-refractivity contribution in [3.8, 4) is 0 Å². The van der Waals surface area contributed by atoms with Gasteiger partial charge in [-0.3, -0.25) is 4.79 Å². The smallest absolute Gasteiger partial charge is 0.250 e. The summed E-state index contributed by atoms with van der Waals surface area (Å²) in [7, 11) is 4.27. The molecule has 1 unspecified atom stereocenters. The van der Waals surface area contributed by atoms with Crippen LogP contribution in [0.5, 0.6) is 0 Å². The highest BCUT2D eigenvalue weighted by Crippen LogP contribution is 2.13. The van der Waals surface area contributed by atoms with Crippen molar-refractivity contribution in [1.82, 2.24) is 14.4 Å². The van der Waals surface area contributed by atoms with Crippen molar-refractivity contribution < 1.29 is 0 Å². The first-order valence-electron chi connectivity index (χ1n) is 6.91. The lowest BCUT2D eigenvalue weighted by Crippen LogP contribution is -2.46. The Balaban J connectivity index is 1.91. The van der Waals surface area contributed by atoms with E-state index < -0.39 is 0 Å². The molecule has 1 aromatic rings. The molecule has 0 saturated carbocycles.